The number of ether oxygens (including phenoxy) is 2. The number of nitriles is 1. The number of rotatable bonds is 9. The number of anilines is 1. The molecule has 0 radical (unpaired) electrons. The lowest BCUT2D eigenvalue weighted by atomic mass is 9.96. The highest BCUT2D eigenvalue weighted by atomic mass is 28.3. The maximum absolute atomic E-state index is 9.53. The number of fused-ring (bicyclic) bond motifs is 1. The summed E-state index contributed by atoms with van der Waals surface area (Å²) < 4.78 is 11.9. The quantitative estimate of drug-likeness (QED) is 0.261. The van der Waals surface area contributed by atoms with E-state index in [4.69, 9.17) is 19.7 Å². The molecule has 0 saturated carbocycles. The number of nitrogens with zero attached hydrogens (tertiary/aromatic N) is 5. The van der Waals surface area contributed by atoms with Gasteiger partial charge in [-0.05, 0) is 81.1 Å². The van der Waals surface area contributed by atoms with E-state index in [1.165, 1.54) is 24.9 Å². The van der Waals surface area contributed by atoms with E-state index in [-0.39, 0.29) is 6.79 Å². The fourth-order valence-electron chi connectivity index (χ4n) is 5.25. The summed E-state index contributed by atoms with van der Waals surface area (Å²) in [5, 5.41) is 19.0. The highest BCUT2D eigenvalue weighted by molar-refractivity contribution is 6.76. The van der Waals surface area contributed by atoms with Gasteiger partial charge in [0.05, 0.1) is 17.3 Å². The Morgan fingerprint density at radius 2 is 1.97 bits per heavy atom. The summed E-state index contributed by atoms with van der Waals surface area (Å²) >= 11 is 0. The normalized spacial score (nSPS) is 18.6. The molecule has 0 spiro atoms. The van der Waals surface area contributed by atoms with Crippen molar-refractivity contribution in [1.82, 2.24) is 15.1 Å². The van der Waals surface area contributed by atoms with E-state index in [9.17, 15) is 5.26 Å². The van der Waals surface area contributed by atoms with E-state index in [0.29, 0.717) is 24.0 Å². The Balaban J connectivity index is 1.57. The Bertz CT molecular complexity index is 1090. The van der Waals surface area contributed by atoms with E-state index in [2.05, 4.69) is 48.5 Å². The highest BCUT2D eigenvalue weighted by Gasteiger charge is 2.30. The average molecular weight is 508 g/mol. The van der Waals surface area contributed by atoms with Crippen LogP contribution in [0.25, 0.3) is 11.3 Å². The van der Waals surface area contributed by atoms with Gasteiger partial charge in [0.1, 0.15) is 5.75 Å². The van der Waals surface area contributed by atoms with Crippen LogP contribution >= 0.6 is 0 Å². The maximum atomic E-state index is 9.53. The summed E-state index contributed by atoms with van der Waals surface area (Å²) in [5.74, 6) is 1.67. The number of aryl methyl sites for hydroxylation is 2. The molecule has 194 valence electrons. The highest BCUT2D eigenvalue weighted by Crippen LogP contribution is 2.37. The summed E-state index contributed by atoms with van der Waals surface area (Å²) in [6, 6.07) is 9.70. The number of hydrogen-bond acceptors (Lipinski definition) is 7. The first-order chi connectivity index (χ1) is 17.3. The third-order valence-electron chi connectivity index (χ3n) is 7.32. The number of aromatic nitrogens is 2. The van der Waals surface area contributed by atoms with Crippen LogP contribution in [0.5, 0.6) is 5.75 Å². The lowest BCUT2D eigenvalue weighted by Gasteiger charge is -2.41. The van der Waals surface area contributed by atoms with Crippen LogP contribution in [0.1, 0.15) is 42.9 Å². The number of likely N-dealkylation sites (N-methyl/N-ethyl adjacent to an activating group) is 1. The molecule has 0 aliphatic carbocycles. The molecule has 36 heavy (non-hydrogen) atoms. The predicted octanol–water partition coefficient (Wildman–Crippen LogP) is 5.25. The predicted molar refractivity (Wildman–Crippen MR) is 147 cm³/mol. The Labute approximate surface area is 217 Å². The van der Waals surface area contributed by atoms with Crippen LogP contribution in [-0.4, -0.2) is 68.8 Å². The molecular formula is C28H41N5O2Si. The molecule has 0 unspecified atom stereocenters. The minimum Gasteiger partial charge on any atom is -0.467 e. The third-order valence-corrected chi connectivity index (χ3v) is 9.02. The summed E-state index contributed by atoms with van der Waals surface area (Å²) in [6.07, 6.45) is 4.58. The molecule has 1 aromatic carbocycles. The molecule has 8 heteroatoms. The van der Waals surface area contributed by atoms with Crippen LogP contribution in [0, 0.1) is 18.3 Å². The van der Waals surface area contributed by atoms with Crippen molar-refractivity contribution in [2.45, 2.75) is 71.3 Å². The first-order valence-electron chi connectivity index (χ1n) is 13.4. The molecule has 0 amide bonds. The van der Waals surface area contributed by atoms with E-state index < -0.39 is 8.07 Å². The molecule has 4 rings (SSSR count). The zero-order valence-corrected chi connectivity index (χ0v) is 23.6. The van der Waals surface area contributed by atoms with Gasteiger partial charge in [0.2, 0.25) is 0 Å². The van der Waals surface area contributed by atoms with Gasteiger partial charge >= 0.3 is 0 Å². The average Bonchev–Trinajstić information content (AvgIpc) is 2.86. The lowest BCUT2D eigenvalue weighted by molar-refractivity contribution is 0.0223. The summed E-state index contributed by atoms with van der Waals surface area (Å²) in [5.41, 5.74) is 4.47. The molecule has 0 bridgehead atoms. The number of likely N-dealkylation sites (tertiary alicyclic amines) is 1. The summed E-state index contributed by atoms with van der Waals surface area (Å²) in [4.78, 5) is 5.03. The minimum absolute atomic E-state index is 0.160. The molecule has 2 aliphatic rings. The summed E-state index contributed by atoms with van der Waals surface area (Å²) in [7, 11) is -1.16. The largest absolute Gasteiger partial charge is 0.467 e. The molecule has 1 fully saturated rings. The smallest absolute Gasteiger partial charge is 0.189 e. The van der Waals surface area contributed by atoms with E-state index >= 15 is 0 Å². The van der Waals surface area contributed by atoms with E-state index in [1.807, 2.05) is 13.0 Å². The standard InChI is InChI=1S/C28H41N5O2Si/c1-6-32-11-8-10-24(19-32)33-12-7-9-23-17-25(30-31-28(23)33)27-21(2)15-22(18-29)16-26(27)35-20-34-13-14-36(3,4)5/h15-17,24H,6-14,19-20H2,1-5H3/t24-/m1/s1. The van der Waals surface area contributed by atoms with Crippen LogP contribution in [0.15, 0.2) is 18.2 Å². The minimum atomic E-state index is -1.16. The van der Waals surface area contributed by atoms with Gasteiger partial charge < -0.3 is 19.3 Å². The molecule has 1 saturated heterocycles. The Morgan fingerprint density at radius 3 is 2.72 bits per heavy atom. The fraction of sp³-hybridized carbons (Fsp3) is 0.607. The van der Waals surface area contributed by atoms with Crippen molar-refractivity contribution in [1.29, 1.82) is 5.26 Å². The molecule has 7 nitrogen and oxygen atoms in total. The first-order valence-corrected chi connectivity index (χ1v) is 17.1. The van der Waals surface area contributed by atoms with Crippen molar-refractivity contribution < 1.29 is 9.47 Å². The lowest BCUT2D eigenvalue weighted by Crippen LogP contribution is -2.50. The Kier molecular flexibility index (Phi) is 8.65. The van der Waals surface area contributed by atoms with Crippen LogP contribution in [0.2, 0.25) is 25.7 Å². The molecule has 2 aliphatic heterocycles. The number of hydrogen-bond donors (Lipinski definition) is 0. The van der Waals surface area contributed by atoms with Crippen molar-refractivity contribution >= 4 is 13.9 Å². The second kappa shape index (κ2) is 11.7. The van der Waals surface area contributed by atoms with Crippen LogP contribution in [0.3, 0.4) is 0 Å². The van der Waals surface area contributed by atoms with Crippen LogP contribution in [-0.2, 0) is 11.2 Å². The van der Waals surface area contributed by atoms with Crippen molar-refractivity contribution in [2.75, 3.05) is 44.5 Å². The van der Waals surface area contributed by atoms with Gasteiger partial charge in [0, 0.05) is 39.4 Å². The van der Waals surface area contributed by atoms with Gasteiger partial charge in [-0.1, -0.05) is 26.6 Å². The molecule has 2 aromatic rings. The van der Waals surface area contributed by atoms with Crippen molar-refractivity contribution in [3.63, 3.8) is 0 Å². The SMILES string of the molecule is CCN1CCC[C@@H](N2CCCc3cc(-c4c(C)cc(C#N)cc4OCOCC[Si](C)(C)C)nnc32)C1. The van der Waals surface area contributed by atoms with Gasteiger partial charge in [-0.25, -0.2) is 0 Å². The van der Waals surface area contributed by atoms with Crippen molar-refractivity contribution in [3.8, 4) is 23.1 Å². The summed E-state index contributed by atoms with van der Waals surface area (Å²) in [6.45, 7) is 16.5. The van der Waals surface area contributed by atoms with Crippen LogP contribution < -0.4 is 9.64 Å². The van der Waals surface area contributed by atoms with Gasteiger partial charge in [0.15, 0.2) is 12.6 Å². The van der Waals surface area contributed by atoms with Gasteiger partial charge in [0.25, 0.3) is 0 Å². The number of benzene rings is 1. The van der Waals surface area contributed by atoms with E-state index in [1.54, 1.807) is 6.07 Å². The second-order valence-electron chi connectivity index (χ2n) is 11.3. The molecule has 0 N–H and O–H groups in total. The maximum Gasteiger partial charge on any atom is 0.189 e. The van der Waals surface area contributed by atoms with Gasteiger partial charge in [-0.3, -0.25) is 0 Å². The van der Waals surface area contributed by atoms with Gasteiger partial charge in [-0.15, -0.1) is 10.2 Å². The molecular weight excluding hydrogens is 466 g/mol. The second-order valence-corrected chi connectivity index (χ2v) is 16.9. The third kappa shape index (κ3) is 6.44. The van der Waals surface area contributed by atoms with Crippen LogP contribution in [0.4, 0.5) is 5.82 Å². The molecule has 1 atom stereocenters. The first kappa shape index (κ1) is 26.6. The number of piperidine rings is 1. The Morgan fingerprint density at radius 1 is 1.14 bits per heavy atom. The zero-order valence-electron chi connectivity index (χ0n) is 22.6. The monoisotopic (exact) mass is 507 g/mol. The van der Waals surface area contributed by atoms with E-state index in [0.717, 1.165) is 61.2 Å². The van der Waals surface area contributed by atoms with Gasteiger partial charge in [-0.2, -0.15) is 5.26 Å². The van der Waals surface area contributed by atoms with Crippen molar-refractivity contribution in [3.05, 3.63) is 34.9 Å². The topological polar surface area (TPSA) is 74.5 Å². The molecule has 1 aromatic heterocycles. The fourth-order valence-corrected chi connectivity index (χ4v) is 6.01. The molecule has 3 heterocycles. The Hall–Kier alpha value is -2.47. The zero-order chi connectivity index (χ0) is 25.7. The van der Waals surface area contributed by atoms with Crippen molar-refractivity contribution in [2.24, 2.45) is 0 Å².